The minimum atomic E-state index is -0.724. The maximum absolute atomic E-state index is 12.2. The van der Waals surface area contributed by atoms with Crippen LogP contribution in [0, 0.1) is 0 Å². The zero-order valence-electron chi connectivity index (χ0n) is 13.5. The maximum Gasteiger partial charge on any atom is 0.251 e. The van der Waals surface area contributed by atoms with Crippen LogP contribution in [0.4, 0.5) is 0 Å². The molecule has 2 aromatic carbocycles. The van der Waals surface area contributed by atoms with Crippen LogP contribution in [0.2, 0.25) is 0 Å². The number of nitrogens with zero attached hydrogens (tertiary/aromatic N) is 1. The molecule has 1 aromatic heterocycles. The second kappa shape index (κ2) is 7.15. The molecule has 0 saturated carbocycles. The average Bonchev–Trinajstić information content (AvgIpc) is 3.06. The first-order valence-electron chi connectivity index (χ1n) is 7.88. The van der Waals surface area contributed by atoms with Gasteiger partial charge in [0, 0.05) is 31.0 Å². The first-order chi connectivity index (χ1) is 11.6. The lowest BCUT2D eigenvalue weighted by atomic mass is 10.0. The number of rotatable bonds is 5. The lowest BCUT2D eigenvalue weighted by Gasteiger charge is -2.13. The van der Waals surface area contributed by atoms with Crippen LogP contribution < -0.4 is 5.32 Å². The number of benzene rings is 2. The van der Waals surface area contributed by atoms with Gasteiger partial charge in [0.05, 0.1) is 0 Å². The summed E-state index contributed by atoms with van der Waals surface area (Å²) in [5.41, 5.74) is 3.53. The number of hydrogen-bond donors (Lipinski definition) is 2. The van der Waals surface area contributed by atoms with Crippen LogP contribution in [0.15, 0.2) is 72.9 Å². The third-order valence-corrected chi connectivity index (χ3v) is 4.04. The topological polar surface area (TPSA) is 54.3 Å². The summed E-state index contributed by atoms with van der Waals surface area (Å²) in [5.74, 6) is -0.192. The molecule has 122 valence electrons. The van der Waals surface area contributed by atoms with E-state index in [1.807, 2.05) is 72.4 Å². The molecule has 4 heteroatoms. The smallest absolute Gasteiger partial charge is 0.251 e. The molecule has 4 nitrogen and oxygen atoms in total. The molecule has 0 aliphatic carbocycles. The highest BCUT2D eigenvalue weighted by atomic mass is 16.3. The lowest BCUT2D eigenvalue weighted by molar-refractivity contribution is 0.0912. The molecule has 24 heavy (non-hydrogen) atoms. The monoisotopic (exact) mass is 320 g/mol. The van der Waals surface area contributed by atoms with Crippen LogP contribution in [-0.2, 0) is 7.05 Å². The highest BCUT2D eigenvalue weighted by Crippen LogP contribution is 2.19. The van der Waals surface area contributed by atoms with E-state index in [0.717, 1.165) is 16.8 Å². The Morgan fingerprint density at radius 3 is 2.29 bits per heavy atom. The van der Waals surface area contributed by atoms with Crippen LogP contribution in [-0.4, -0.2) is 22.1 Å². The summed E-state index contributed by atoms with van der Waals surface area (Å²) >= 11 is 0. The van der Waals surface area contributed by atoms with Crippen molar-refractivity contribution in [3.05, 3.63) is 84.2 Å². The van der Waals surface area contributed by atoms with Gasteiger partial charge in [0.25, 0.3) is 5.91 Å². The Kier molecular flexibility index (Phi) is 4.77. The molecule has 1 unspecified atom stereocenters. The average molecular weight is 320 g/mol. The van der Waals surface area contributed by atoms with Gasteiger partial charge in [0.1, 0.15) is 6.10 Å². The van der Waals surface area contributed by atoms with Gasteiger partial charge in [-0.2, -0.15) is 0 Å². The van der Waals surface area contributed by atoms with Crippen LogP contribution >= 0.6 is 0 Å². The number of amides is 1. The van der Waals surface area contributed by atoms with E-state index in [9.17, 15) is 9.90 Å². The summed E-state index contributed by atoms with van der Waals surface area (Å²) in [4.78, 5) is 12.2. The molecule has 2 N–H and O–H groups in total. The number of aromatic nitrogens is 1. The number of carbonyl (C=O) groups excluding carboxylic acids is 1. The molecular weight excluding hydrogens is 300 g/mol. The van der Waals surface area contributed by atoms with Gasteiger partial charge in [-0.25, -0.2) is 0 Å². The fraction of sp³-hybridized carbons (Fsp3) is 0.150. The van der Waals surface area contributed by atoms with Crippen molar-refractivity contribution in [3.63, 3.8) is 0 Å². The van der Waals surface area contributed by atoms with Gasteiger partial charge in [-0.1, -0.05) is 42.5 Å². The molecule has 3 rings (SSSR count). The Balaban J connectivity index is 1.62. The van der Waals surface area contributed by atoms with Crippen molar-refractivity contribution in [2.75, 3.05) is 6.54 Å². The highest BCUT2D eigenvalue weighted by molar-refractivity contribution is 5.94. The Morgan fingerprint density at radius 1 is 1.00 bits per heavy atom. The number of aliphatic hydroxyl groups is 1. The van der Waals surface area contributed by atoms with Crippen molar-refractivity contribution in [2.24, 2.45) is 7.05 Å². The zero-order chi connectivity index (χ0) is 16.9. The molecule has 1 amide bonds. The molecule has 0 spiro atoms. The number of aliphatic hydroxyl groups excluding tert-OH is 1. The molecule has 3 aromatic rings. The van der Waals surface area contributed by atoms with E-state index in [-0.39, 0.29) is 12.5 Å². The second-order valence-corrected chi connectivity index (χ2v) is 5.71. The Bertz CT molecular complexity index is 807. The van der Waals surface area contributed by atoms with Gasteiger partial charge in [-0.05, 0) is 35.4 Å². The van der Waals surface area contributed by atoms with E-state index in [0.29, 0.717) is 5.56 Å². The van der Waals surface area contributed by atoms with E-state index in [1.54, 1.807) is 12.1 Å². The normalized spacial score (nSPS) is 11.9. The molecule has 0 aliphatic rings. The summed E-state index contributed by atoms with van der Waals surface area (Å²) in [6, 6.07) is 21.2. The van der Waals surface area contributed by atoms with Gasteiger partial charge in [-0.15, -0.1) is 0 Å². The third kappa shape index (κ3) is 3.55. The first-order valence-corrected chi connectivity index (χ1v) is 7.88. The molecule has 0 bridgehead atoms. The lowest BCUT2D eigenvalue weighted by Crippen LogP contribution is -2.29. The van der Waals surface area contributed by atoms with Gasteiger partial charge in [0.2, 0.25) is 0 Å². The van der Waals surface area contributed by atoms with E-state index in [2.05, 4.69) is 5.32 Å². The predicted molar refractivity (Wildman–Crippen MR) is 94.6 cm³/mol. The molecule has 0 saturated heterocycles. The van der Waals surface area contributed by atoms with Crippen molar-refractivity contribution in [3.8, 4) is 11.1 Å². The largest absolute Gasteiger partial charge is 0.385 e. The van der Waals surface area contributed by atoms with Crippen molar-refractivity contribution in [1.29, 1.82) is 0 Å². The Labute approximate surface area is 141 Å². The summed E-state index contributed by atoms with van der Waals surface area (Å²) in [6.07, 6.45) is 1.14. The second-order valence-electron chi connectivity index (χ2n) is 5.71. The van der Waals surface area contributed by atoms with Gasteiger partial charge in [0.15, 0.2) is 0 Å². The third-order valence-electron chi connectivity index (χ3n) is 4.04. The standard InChI is InChI=1S/C20H20N2O2/c1-22-13-5-8-18(22)19(23)14-21-20(24)17-11-9-16(10-12-17)15-6-3-2-4-7-15/h2-13,19,23H,14H2,1H3,(H,21,24). The zero-order valence-corrected chi connectivity index (χ0v) is 13.5. The molecular formula is C20H20N2O2. The van der Waals surface area contributed by atoms with Crippen molar-refractivity contribution < 1.29 is 9.90 Å². The summed E-state index contributed by atoms with van der Waals surface area (Å²) in [5, 5.41) is 12.9. The Morgan fingerprint density at radius 2 is 1.67 bits per heavy atom. The molecule has 0 aliphatic heterocycles. The van der Waals surface area contributed by atoms with E-state index >= 15 is 0 Å². The van der Waals surface area contributed by atoms with Crippen LogP contribution in [0.1, 0.15) is 22.2 Å². The van der Waals surface area contributed by atoms with E-state index in [1.165, 1.54) is 0 Å². The van der Waals surface area contributed by atoms with Gasteiger partial charge >= 0.3 is 0 Å². The number of aryl methyl sites for hydroxylation is 1. The van der Waals surface area contributed by atoms with E-state index in [4.69, 9.17) is 0 Å². The van der Waals surface area contributed by atoms with Crippen molar-refractivity contribution >= 4 is 5.91 Å². The fourth-order valence-corrected chi connectivity index (χ4v) is 2.66. The van der Waals surface area contributed by atoms with E-state index < -0.39 is 6.10 Å². The van der Waals surface area contributed by atoms with Crippen LogP contribution in [0.25, 0.3) is 11.1 Å². The Hall–Kier alpha value is -2.85. The molecule has 0 radical (unpaired) electrons. The summed E-state index contributed by atoms with van der Waals surface area (Å²) < 4.78 is 1.84. The van der Waals surface area contributed by atoms with Crippen molar-refractivity contribution in [2.45, 2.75) is 6.10 Å². The predicted octanol–water partition coefficient (Wildman–Crippen LogP) is 3.16. The van der Waals surface area contributed by atoms with Gasteiger partial charge < -0.3 is 15.0 Å². The summed E-state index contributed by atoms with van der Waals surface area (Å²) in [7, 11) is 1.86. The number of carbonyl (C=O) groups is 1. The van der Waals surface area contributed by atoms with Crippen molar-refractivity contribution in [1.82, 2.24) is 9.88 Å². The van der Waals surface area contributed by atoms with Crippen LogP contribution in [0.5, 0.6) is 0 Å². The van der Waals surface area contributed by atoms with Crippen LogP contribution in [0.3, 0.4) is 0 Å². The maximum atomic E-state index is 12.2. The fourth-order valence-electron chi connectivity index (χ4n) is 2.66. The molecule has 1 atom stereocenters. The van der Waals surface area contributed by atoms with Gasteiger partial charge in [-0.3, -0.25) is 4.79 Å². The first kappa shape index (κ1) is 16.0. The number of nitrogens with one attached hydrogen (secondary N) is 1. The minimum Gasteiger partial charge on any atom is -0.385 e. The summed E-state index contributed by atoms with van der Waals surface area (Å²) in [6.45, 7) is 0.178. The SMILES string of the molecule is Cn1cccc1C(O)CNC(=O)c1ccc(-c2ccccc2)cc1. The highest BCUT2D eigenvalue weighted by Gasteiger charge is 2.13. The molecule has 0 fully saturated rings. The number of hydrogen-bond acceptors (Lipinski definition) is 2. The molecule has 1 heterocycles. The quantitative estimate of drug-likeness (QED) is 0.759. The minimum absolute atomic E-state index is 0.178.